The number of ether oxygens (including phenoxy) is 1. The number of esters is 1. The van der Waals surface area contributed by atoms with Gasteiger partial charge in [0.1, 0.15) is 5.70 Å². The van der Waals surface area contributed by atoms with E-state index in [0.717, 1.165) is 12.0 Å². The van der Waals surface area contributed by atoms with E-state index >= 15 is 0 Å². The first-order valence-corrected chi connectivity index (χ1v) is 4.49. The predicted molar refractivity (Wildman–Crippen MR) is 49.1 cm³/mol. The first-order chi connectivity index (χ1) is 6.70. The molecule has 1 amide bonds. The van der Waals surface area contributed by atoms with Crippen LogP contribution in [0.3, 0.4) is 0 Å². The van der Waals surface area contributed by atoms with Gasteiger partial charge in [-0.15, -0.1) is 0 Å². The van der Waals surface area contributed by atoms with E-state index in [1.807, 2.05) is 6.92 Å². The SMILES string of the molecule is CC=C1C(=O)N2C(C(=O)OC)=CC[C@H]12. The summed E-state index contributed by atoms with van der Waals surface area (Å²) >= 11 is 0. The van der Waals surface area contributed by atoms with E-state index in [-0.39, 0.29) is 11.9 Å². The van der Waals surface area contributed by atoms with Crippen LogP contribution in [0.5, 0.6) is 0 Å². The van der Waals surface area contributed by atoms with E-state index in [2.05, 4.69) is 4.74 Å². The van der Waals surface area contributed by atoms with Gasteiger partial charge in [0.15, 0.2) is 0 Å². The third-order valence-corrected chi connectivity index (χ3v) is 2.64. The standard InChI is InChI=1S/C10H11NO3/c1-3-6-7-4-5-8(10(13)14-2)11(7)9(6)12/h3,5,7H,4H2,1-2H3/t7-/m1/s1. The number of carbonyl (C=O) groups is 2. The van der Waals surface area contributed by atoms with Crippen LogP contribution < -0.4 is 0 Å². The molecule has 1 fully saturated rings. The highest BCUT2D eigenvalue weighted by Gasteiger charge is 2.48. The molecule has 0 radical (unpaired) electrons. The number of allylic oxidation sites excluding steroid dienone is 1. The maximum atomic E-state index is 11.5. The minimum absolute atomic E-state index is 0.0709. The zero-order chi connectivity index (χ0) is 10.3. The highest BCUT2D eigenvalue weighted by molar-refractivity contribution is 6.08. The summed E-state index contributed by atoms with van der Waals surface area (Å²) < 4.78 is 4.58. The van der Waals surface area contributed by atoms with Crippen LogP contribution in [0.15, 0.2) is 23.4 Å². The first-order valence-electron chi connectivity index (χ1n) is 4.49. The molecule has 1 saturated heterocycles. The summed E-state index contributed by atoms with van der Waals surface area (Å²) in [6.45, 7) is 1.83. The molecule has 2 rings (SSSR count). The molecule has 74 valence electrons. The van der Waals surface area contributed by atoms with Gasteiger partial charge in [-0.3, -0.25) is 9.69 Å². The molecule has 0 bridgehead atoms. The number of β-lactam (4-membered cyclic amide) rings is 1. The zero-order valence-electron chi connectivity index (χ0n) is 8.11. The average molecular weight is 193 g/mol. The molecule has 4 heteroatoms. The van der Waals surface area contributed by atoms with Crippen LogP contribution in [0.2, 0.25) is 0 Å². The van der Waals surface area contributed by atoms with E-state index in [9.17, 15) is 9.59 Å². The fourth-order valence-corrected chi connectivity index (χ4v) is 1.93. The summed E-state index contributed by atoms with van der Waals surface area (Å²) in [5, 5.41) is 0. The number of amides is 1. The summed E-state index contributed by atoms with van der Waals surface area (Å²) in [6, 6.07) is 0.0709. The number of hydrogen-bond donors (Lipinski definition) is 0. The highest BCUT2D eigenvalue weighted by atomic mass is 16.5. The molecule has 0 N–H and O–H groups in total. The number of methoxy groups -OCH3 is 1. The van der Waals surface area contributed by atoms with E-state index in [4.69, 9.17) is 0 Å². The number of fused-ring (bicyclic) bond motifs is 1. The molecule has 1 atom stereocenters. The van der Waals surface area contributed by atoms with Crippen molar-refractivity contribution in [3.8, 4) is 0 Å². The van der Waals surface area contributed by atoms with Crippen molar-refractivity contribution >= 4 is 11.9 Å². The van der Waals surface area contributed by atoms with Crippen LogP contribution >= 0.6 is 0 Å². The Kier molecular flexibility index (Phi) is 1.91. The Morgan fingerprint density at radius 3 is 3.00 bits per heavy atom. The zero-order valence-corrected chi connectivity index (χ0v) is 8.11. The monoisotopic (exact) mass is 193 g/mol. The van der Waals surface area contributed by atoms with Crippen molar-refractivity contribution in [1.82, 2.24) is 4.90 Å². The fraction of sp³-hybridized carbons (Fsp3) is 0.400. The van der Waals surface area contributed by atoms with Gasteiger partial charge in [0.25, 0.3) is 5.91 Å². The minimum atomic E-state index is -0.434. The highest BCUT2D eigenvalue weighted by Crippen LogP contribution is 2.38. The first kappa shape index (κ1) is 8.99. The van der Waals surface area contributed by atoms with Crippen molar-refractivity contribution in [3.05, 3.63) is 23.4 Å². The Hall–Kier alpha value is -1.58. The molecule has 14 heavy (non-hydrogen) atoms. The van der Waals surface area contributed by atoms with Gasteiger partial charge in [-0.2, -0.15) is 0 Å². The van der Waals surface area contributed by atoms with Crippen molar-refractivity contribution in [2.45, 2.75) is 19.4 Å². The largest absolute Gasteiger partial charge is 0.464 e. The van der Waals surface area contributed by atoms with Crippen LogP contribution in [0.4, 0.5) is 0 Å². The lowest BCUT2D eigenvalue weighted by Gasteiger charge is -2.38. The van der Waals surface area contributed by atoms with Crippen LogP contribution in [-0.4, -0.2) is 29.9 Å². The molecule has 0 aromatic heterocycles. The third kappa shape index (κ3) is 0.937. The van der Waals surface area contributed by atoms with Crippen LogP contribution in [0.1, 0.15) is 13.3 Å². The molecule has 0 aliphatic carbocycles. The molecule has 2 aliphatic rings. The Morgan fingerprint density at radius 2 is 2.43 bits per heavy atom. The topological polar surface area (TPSA) is 46.6 Å². The van der Waals surface area contributed by atoms with Gasteiger partial charge >= 0.3 is 5.97 Å². The third-order valence-electron chi connectivity index (χ3n) is 2.64. The molecule has 2 heterocycles. The number of nitrogens with zero attached hydrogens (tertiary/aromatic N) is 1. The average Bonchev–Trinajstić information content (AvgIpc) is 2.57. The van der Waals surface area contributed by atoms with E-state index in [1.165, 1.54) is 12.0 Å². The van der Waals surface area contributed by atoms with Crippen molar-refractivity contribution in [2.75, 3.05) is 7.11 Å². The summed E-state index contributed by atoms with van der Waals surface area (Å²) in [7, 11) is 1.32. The lowest BCUT2D eigenvalue weighted by molar-refractivity contribution is -0.144. The van der Waals surface area contributed by atoms with Crippen LogP contribution in [0.25, 0.3) is 0 Å². The number of hydrogen-bond acceptors (Lipinski definition) is 3. The Balaban J connectivity index is 2.22. The molecule has 2 aliphatic heterocycles. The maximum Gasteiger partial charge on any atom is 0.354 e. The lowest BCUT2D eigenvalue weighted by Crippen LogP contribution is -2.52. The van der Waals surface area contributed by atoms with Crippen molar-refractivity contribution in [3.63, 3.8) is 0 Å². The summed E-state index contributed by atoms with van der Waals surface area (Å²) in [5.41, 5.74) is 1.17. The molecule has 0 saturated carbocycles. The van der Waals surface area contributed by atoms with E-state index in [0.29, 0.717) is 5.70 Å². The smallest absolute Gasteiger partial charge is 0.354 e. The second kappa shape index (κ2) is 2.97. The molecule has 0 unspecified atom stereocenters. The molecule has 0 aromatic carbocycles. The number of rotatable bonds is 1. The normalized spacial score (nSPS) is 27.1. The van der Waals surface area contributed by atoms with Crippen molar-refractivity contribution in [2.24, 2.45) is 0 Å². The van der Waals surface area contributed by atoms with E-state index < -0.39 is 5.97 Å². The van der Waals surface area contributed by atoms with Crippen LogP contribution in [-0.2, 0) is 14.3 Å². The van der Waals surface area contributed by atoms with Gasteiger partial charge < -0.3 is 4.74 Å². The number of carbonyl (C=O) groups excluding carboxylic acids is 2. The quantitative estimate of drug-likeness (QED) is 0.348. The maximum absolute atomic E-state index is 11.5. The second-order valence-corrected chi connectivity index (χ2v) is 3.25. The molecular weight excluding hydrogens is 182 g/mol. The second-order valence-electron chi connectivity index (χ2n) is 3.25. The van der Waals surface area contributed by atoms with Gasteiger partial charge in [0, 0.05) is 5.57 Å². The lowest BCUT2D eigenvalue weighted by atomic mass is 9.95. The van der Waals surface area contributed by atoms with Gasteiger partial charge in [-0.25, -0.2) is 4.79 Å². The van der Waals surface area contributed by atoms with Crippen molar-refractivity contribution < 1.29 is 14.3 Å². The van der Waals surface area contributed by atoms with E-state index in [1.54, 1.807) is 12.2 Å². The van der Waals surface area contributed by atoms with Gasteiger partial charge in [-0.1, -0.05) is 12.2 Å². The molecule has 0 spiro atoms. The summed E-state index contributed by atoms with van der Waals surface area (Å²) in [5.74, 6) is -0.511. The predicted octanol–water partition coefficient (Wildman–Crippen LogP) is 0.604. The molecular formula is C10H11NO3. The molecule has 0 aromatic rings. The van der Waals surface area contributed by atoms with Gasteiger partial charge in [0.05, 0.1) is 13.2 Å². The van der Waals surface area contributed by atoms with Crippen molar-refractivity contribution in [1.29, 1.82) is 0 Å². The van der Waals surface area contributed by atoms with Gasteiger partial charge in [0.2, 0.25) is 0 Å². The Morgan fingerprint density at radius 1 is 1.71 bits per heavy atom. The summed E-state index contributed by atoms with van der Waals surface area (Å²) in [6.07, 6.45) is 4.28. The Bertz CT molecular complexity index is 368. The summed E-state index contributed by atoms with van der Waals surface area (Å²) in [4.78, 5) is 24.3. The minimum Gasteiger partial charge on any atom is -0.464 e. The Labute approximate surface area is 81.8 Å². The van der Waals surface area contributed by atoms with Gasteiger partial charge in [-0.05, 0) is 13.3 Å². The molecule has 4 nitrogen and oxygen atoms in total. The fourth-order valence-electron chi connectivity index (χ4n) is 1.93. The van der Waals surface area contributed by atoms with Crippen LogP contribution in [0, 0.1) is 0 Å².